The molecule has 0 aromatic carbocycles. The maximum atomic E-state index is 11.2. The summed E-state index contributed by atoms with van der Waals surface area (Å²) in [4.78, 5) is 17.7. The largest absolute Gasteiger partial charge is 0.469 e. The number of imidazole rings is 1. The number of hydrogen-bond acceptors (Lipinski definition) is 5. The lowest BCUT2D eigenvalue weighted by molar-refractivity contribution is -0.141. The molecule has 1 heterocycles. The van der Waals surface area contributed by atoms with Gasteiger partial charge >= 0.3 is 5.97 Å². The molecule has 0 atom stereocenters. The molecule has 0 spiro atoms. The van der Waals surface area contributed by atoms with E-state index in [0.717, 1.165) is 18.9 Å². The van der Waals surface area contributed by atoms with Gasteiger partial charge in [-0.15, -0.1) is 0 Å². The summed E-state index contributed by atoms with van der Waals surface area (Å²) in [5.74, 6) is 0.810. The van der Waals surface area contributed by atoms with E-state index in [9.17, 15) is 4.79 Å². The molecule has 0 saturated heterocycles. The van der Waals surface area contributed by atoms with Crippen LogP contribution in [-0.4, -0.2) is 54.3 Å². The Labute approximate surface area is 114 Å². The predicted molar refractivity (Wildman–Crippen MR) is 71.7 cm³/mol. The highest BCUT2D eigenvalue weighted by Gasteiger charge is 2.11. The maximum Gasteiger partial charge on any atom is 0.306 e. The highest BCUT2D eigenvalue weighted by atomic mass is 16.5. The smallest absolute Gasteiger partial charge is 0.306 e. The van der Waals surface area contributed by atoms with Crippen molar-refractivity contribution in [2.24, 2.45) is 0 Å². The number of aryl methyl sites for hydroxylation is 1. The number of carbonyl (C=O) groups excluding carboxylic acids is 1. The second-order valence-corrected chi connectivity index (χ2v) is 4.22. The van der Waals surface area contributed by atoms with Gasteiger partial charge in [0.15, 0.2) is 0 Å². The molecule has 0 N–H and O–H groups in total. The Bertz CT molecular complexity index is 379. The molecule has 6 heteroatoms. The Morgan fingerprint density at radius 1 is 1.42 bits per heavy atom. The van der Waals surface area contributed by atoms with E-state index in [-0.39, 0.29) is 5.97 Å². The van der Waals surface area contributed by atoms with Gasteiger partial charge in [-0.1, -0.05) is 0 Å². The van der Waals surface area contributed by atoms with Crippen LogP contribution in [0.5, 0.6) is 0 Å². The number of ether oxygens (including phenoxy) is 2. The van der Waals surface area contributed by atoms with E-state index in [1.165, 1.54) is 7.11 Å². The molecule has 1 rings (SSSR count). The molecule has 0 aliphatic rings. The number of rotatable bonds is 9. The Morgan fingerprint density at radius 3 is 2.84 bits per heavy atom. The summed E-state index contributed by atoms with van der Waals surface area (Å²) in [6, 6.07) is 0. The molecular formula is C13H23N3O3. The fraction of sp³-hybridized carbons (Fsp3) is 0.692. The quantitative estimate of drug-likeness (QED) is 0.624. The third kappa shape index (κ3) is 5.40. The third-order valence-corrected chi connectivity index (χ3v) is 2.98. The summed E-state index contributed by atoms with van der Waals surface area (Å²) in [5.41, 5.74) is 0. The Hall–Kier alpha value is -1.40. The highest BCUT2D eigenvalue weighted by Crippen LogP contribution is 2.04. The number of nitrogens with zero attached hydrogens (tertiary/aromatic N) is 3. The molecule has 0 amide bonds. The van der Waals surface area contributed by atoms with Crippen molar-refractivity contribution in [1.82, 2.24) is 14.5 Å². The van der Waals surface area contributed by atoms with Crippen LogP contribution in [-0.2, 0) is 27.4 Å². The summed E-state index contributed by atoms with van der Waals surface area (Å²) in [6.45, 7) is 5.73. The van der Waals surface area contributed by atoms with E-state index in [1.807, 2.05) is 6.20 Å². The zero-order valence-electron chi connectivity index (χ0n) is 12.0. The standard InChI is InChI=1S/C13H23N3O3/c1-4-16-8-6-14-12(16)11-15(9-10-18-2)7-5-13(17)19-3/h6,8H,4-5,7,9-11H2,1-3H3. The van der Waals surface area contributed by atoms with Crippen LogP contribution in [0.2, 0.25) is 0 Å². The van der Waals surface area contributed by atoms with Crippen molar-refractivity contribution in [1.29, 1.82) is 0 Å². The van der Waals surface area contributed by atoms with Crippen LogP contribution < -0.4 is 0 Å². The van der Waals surface area contributed by atoms with Gasteiger partial charge in [-0.3, -0.25) is 9.69 Å². The molecule has 108 valence electrons. The van der Waals surface area contributed by atoms with E-state index in [2.05, 4.69) is 26.1 Å². The molecule has 1 aromatic heterocycles. The van der Waals surface area contributed by atoms with Crippen LogP contribution in [0.3, 0.4) is 0 Å². The molecule has 0 unspecified atom stereocenters. The van der Waals surface area contributed by atoms with Crippen LogP contribution in [0.25, 0.3) is 0 Å². The number of aromatic nitrogens is 2. The number of carbonyl (C=O) groups is 1. The molecule has 6 nitrogen and oxygen atoms in total. The first-order valence-corrected chi connectivity index (χ1v) is 6.49. The molecule has 0 aliphatic carbocycles. The summed E-state index contributed by atoms with van der Waals surface area (Å²) in [5, 5.41) is 0. The highest BCUT2D eigenvalue weighted by molar-refractivity contribution is 5.69. The first-order valence-electron chi connectivity index (χ1n) is 6.49. The Balaban J connectivity index is 2.55. The molecule has 1 aromatic rings. The lowest BCUT2D eigenvalue weighted by atomic mass is 10.3. The Kier molecular flexibility index (Phi) is 7.14. The second-order valence-electron chi connectivity index (χ2n) is 4.22. The van der Waals surface area contributed by atoms with Crippen molar-refractivity contribution in [2.45, 2.75) is 26.4 Å². The molecule has 0 fully saturated rings. The molecule has 19 heavy (non-hydrogen) atoms. The summed E-state index contributed by atoms with van der Waals surface area (Å²) >= 11 is 0. The van der Waals surface area contributed by atoms with E-state index < -0.39 is 0 Å². The summed E-state index contributed by atoms with van der Waals surface area (Å²) < 4.78 is 11.9. The monoisotopic (exact) mass is 269 g/mol. The van der Waals surface area contributed by atoms with Gasteiger partial charge in [0.05, 0.1) is 26.7 Å². The molecule has 0 saturated carbocycles. The predicted octanol–water partition coefficient (Wildman–Crippen LogP) is 0.914. The van der Waals surface area contributed by atoms with Crippen LogP contribution in [0.15, 0.2) is 12.4 Å². The van der Waals surface area contributed by atoms with Crippen LogP contribution >= 0.6 is 0 Å². The van der Waals surface area contributed by atoms with E-state index >= 15 is 0 Å². The van der Waals surface area contributed by atoms with Gasteiger partial charge in [-0.25, -0.2) is 4.98 Å². The minimum atomic E-state index is -0.193. The molecule has 0 bridgehead atoms. The van der Waals surface area contributed by atoms with Crippen LogP contribution in [0.4, 0.5) is 0 Å². The van der Waals surface area contributed by atoms with Gasteiger partial charge in [0, 0.05) is 39.1 Å². The van der Waals surface area contributed by atoms with Crippen LogP contribution in [0, 0.1) is 0 Å². The fourth-order valence-electron chi connectivity index (χ4n) is 1.82. The first-order chi connectivity index (χ1) is 9.21. The topological polar surface area (TPSA) is 56.6 Å². The van der Waals surface area contributed by atoms with Gasteiger partial charge in [-0.2, -0.15) is 0 Å². The zero-order chi connectivity index (χ0) is 14.1. The molecular weight excluding hydrogens is 246 g/mol. The van der Waals surface area contributed by atoms with Crippen molar-refractivity contribution in [3.8, 4) is 0 Å². The van der Waals surface area contributed by atoms with Crippen molar-refractivity contribution in [3.05, 3.63) is 18.2 Å². The Morgan fingerprint density at radius 2 is 2.21 bits per heavy atom. The summed E-state index contributed by atoms with van der Waals surface area (Å²) in [6.07, 6.45) is 4.14. The molecule has 0 aliphatic heterocycles. The van der Waals surface area contributed by atoms with E-state index in [0.29, 0.717) is 26.1 Å². The van der Waals surface area contributed by atoms with Crippen molar-refractivity contribution < 1.29 is 14.3 Å². The number of methoxy groups -OCH3 is 2. The van der Waals surface area contributed by atoms with Gasteiger partial charge in [0.25, 0.3) is 0 Å². The van der Waals surface area contributed by atoms with Gasteiger partial charge in [-0.05, 0) is 6.92 Å². The third-order valence-electron chi connectivity index (χ3n) is 2.98. The van der Waals surface area contributed by atoms with E-state index in [4.69, 9.17) is 4.74 Å². The average Bonchev–Trinajstić information content (AvgIpc) is 2.88. The maximum absolute atomic E-state index is 11.2. The second kappa shape index (κ2) is 8.66. The SMILES string of the molecule is CCn1ccnc1CN(CCOC)CCC(=O)OC. The molecule has 0 radical (unpaired) electrons. The first kappa shape index (κ1) is 15.7. The minimum absolute atomic E-state index is 0.193. The lowest BCUT2D eigenvalue weighted by Crippen LogP contribution is -2.30. The number of esters is 1. The number of hydrogen-bond donors (Lipinski definition) is 0. The van der Waals surface area contributed by atoms with Crippen molar-refractivity contribution in [2.75, 3.05) is 33.9 Å². The van der Waals surface area contributed by atoms with E-state index in [1.54, 1.807) is 13.3 Å². The lowest BCUT2D eigenvalue weighted by Gasteiger charge is -2.21. The van der Waals surface area contributed by atoms with Crippen molar-refractivity contribution in [3.63, 3.8) is 0 Å². The normalized spacial score (nSPS) is 10.9. The van der Waals surface area contributed by atoms with Gasteiger partial charge in [0.1, 0.15) is 5.82 Å². The van der Waals surface area contributed by atoms with Crippen molar-refractivity contribution >= 4 is 5.97 Å². The average molecular weight is 269 g/mol. The van der Waals surface area contributed by atoms with Crippen LogP contribution in [0.1, 0.15) is 19.2 Å². The summed E-state index contributed by atoms with van der Waals surface area (Å²) in [7, 11) is 3.08. The van der Waals surface area contributed by atoms with Gasteiger partial charge < -0.3 is 14.0 Å². The zero-order valence-corrected chi connectivity index (χ0v) is 12.0. The fourth-order valence-corrected chi connectivity index (χ4v) is 1.82. The van der Waals surface area contributed by atoms with Gasteiger partial charge in [0.2, 0.25) is 0 Å². The minimum Gasteiger partial charge on any atom is -0.469 e.